The molecule has 160 valence electrons. The molecule has 3 heterocycles. The summed E-state index contributed by atoms with van der Waals surface area (Å²) in [6.45, 7) is 4.55. The van der Waals surface area contributed by atoms with E-state index in [0.29, 0.717) is 12.5 Å². The number of carbonyl (C=O) groups is 2. The molecule has 2 aliphatic rings. The van der Waals surface area contributed by atoms with Gasteiger partial charge in [0.15, 0.2) is 0 Å². The quantitative estimate of drug-likeness (QED) is 0.764. The molecular formula is C24H26N4O3. The minimum atomic E-state index is -0.303. The molecule has 3 atom stereocenters. The van der Waals surface area contributed by atoms with Crippen molar-refractivity contribution in [3.8, 4) is 11.8 Å². The number of hydrogen-bond acceptors (Lipinski definition) is 5. The molecule has 1 aromatic heterocycles. The number of hydrogen-bond donors (Lipinski definition) is 1. The molecule has 2 saturated heterocycles. The van der Waals surface area contributed by atoms with Crippen LogP contribution in [0, 0.1) is 17.8 Å². The highest BCUT2D eigenvalue weighted by Crippen LogP contribution is 2.43. The number of nitrogens with zero attached hydrogens (tertiary/aromatic N) is 4. The lowest BCUT2D eigenvalue weighted by Gasteiger charge is -2.58. The molecule has 0 spiro atoms. The average molecular weight is 418 g/mol. The molecule has 2 aromatic rings. The van der Waals surface area contributed by atoms with E-state index in [2.05, 4.69) is 35.7 Å². The molecule has 0 radical (unpaired) electrons. The third-order valence-corrected chi connectivity index (χ3v) is 5.86. The van der Waals surface area contributed by atoms with Crippen LogP contribution in [0.4, 0.5) is 0 Å². The van der Waals surface area contributed by atoms with Gasteiger partial charge in [0, 0.05) is 36.8 Å². The molecule has 0 unspecified atom stereocenters. The Kier molecular flexibility index (Phi) is 6.01. The van der Waals surface area contributed by atoms with Gasteiger partial charge in [0.1, 0.15) is 12.2 Å². The van der Waals surface area contributed by atoms with Gasteiger partial charge in [-0.05, 0) is 23.6 Å². The van der Waals surface area contributed by atoms with Gasteiger partial charge >= 0.3 is 0 Å². The van der Waals surface area contributed by atoms with Crippen molar-refractivity contribution >= 4 is 11.8 Å². The van der Waals surface area contributed by atoms with Gasteiger partial charge in [-0.15, -0.1) is 0 Å². The van der Waals surface area contributed by atoms with Crippen LogP contribution in [0.2, 0.25) is 0 Å². The van der Waals surface area contributed by atoms with Crippen LogP contribution >= 0.6 is 0 Å². The summed E-state index contributed by atoms with van der Waals surface area (Å²) < 4.78 is 0. The summed E-state index contributed by atoms with van der Waals surface area (Å²) in [6, 6.07) is 7.54. The van der Waals surface area contributed by atoms with E-state index in [1.54, 1.807) is 4.90 Å². The lowest BCUT2D eigenvalue weighted by molar-refractivity contribution is -0.159. The Balaban J connectivity index is 1.52. The van der Waals surface area contributed by atoms with E-state index in [0.717, 1.165) is 17.5 Å². The van der Waals surface area contributed by atoms with Gasteiger partial charge in [0.25, 0.3) is 5.91 Å². The van der Waals surface area contributed by atoms with Crippen molar-refractivity contribution in [1.29, 1.82) is 0 Å². The zero-order valence-corrected chi connectivity index (χ0v) is 17.7. The maximum atomic E-state index is 12.8. The summed E-state index contributed by atoms with van der Waals surface area (Å²) in [5, 5.41) is 9.94. The van der Waals surface area contributed by atoms with Crippen LogP contribution in [0.5, 0.6) is 0 Å². The van der Waals surface area contributed by atoms with Crippen molar-refractivity contribution in [2.45, 2.75) is 38.3 Å². The van der Waals surface area contributed by atoms with Crippen LogP contribution in [0.15, 0.2) is 42.9 Å². The summed E-state index contributed by atoms with van der Waals surface area (Å²) in [6.07, 6.45) is 5.23. The second-order valence-corrected chi connectivity index (χ2v) is 8.44. The van der Waals surface area contributed by atoms with Crippen LogP contribution in [-0.4, -0.2) is 68.5 Å². The van der Waals surface area contributed by atoms with E-state index >= 15 is 0 Å². The van der Waals surface area contributed by atoms with E-state index in [1.165, 1.54) is 23.5 Å². The van der Waals surface area contributed by atoms with Gasteiger partial charge in [0.2, 0.25) is 5.91 Å². The van der Waals surface area contributed by atoms with Gasteiger partial charge in [-0.25, -0.2) is 4.98 Å². The molecule has 7 nitrogen and oxygen atoms in total. The predicted molar refractivity (Wildman–Crippen MR) is 115 cm³/mol. The summed E-state index contributed by atoms with van der Waals surface area (Å²) in [4.78, 5) is 36.8. The van der Waals surface area contributed by atoms with E-state index in [4.69, 9.17) is 0 Å². The van der Waals surface area contributed by atoms with Gasteiger partial charge in [-0.3, -0.25) is 14.6 Å². The third-order valence-electron chi connectivity index (χ3n) is 5.86. The van der Waals surface area contributed by atoms with Crippen molar-refractivity contribution in [2.24, 2.45) is 5.92 Å². The molecule has 2 fully saturated rings. The smallest absolute Gasteiger partial charge is 0.274 e. The minimum absolute atomic E-state index is 0.0144. The van der Waals surface area contributed by atoms with Gasteiger partial charge in [-0.1, -0.05) is 37.8 Å². The first-order valence-corrected chi connectivity index (χ1v) is 10.6. The number of aromatic nitrogens is 2. The lowest BCUT2D eigenvalue weighted by Crippen LogP contribution is -2.73. The summed E-state index contributed by atoms with van der Waals surface area (Å²) in [5.74, 6) is 6.40. The van der Waals surface area contributed by atoms with E-state index in [1.807, 2.05) is 24.3 Å². The number of piperazine rings is 1. The molecule has 0 saturated carbocycles. The molecule has 4 rings (SSSR count). The predicted octanol–water partition coefficient (Wildman–Crippen LogP) is 1.69. The van der Waals surface area contributed by atoms with Gasteiger partial charge < -0.3 is 14.9 Å². The highest BCUT2D eigenvalue weighted by Gasteiger charge is 2.54. The number of fused-ring (bicyclic) bond motifs is 1. The molecule has 2 amide bonds. The zero-order chi connectivity index (χ0) is 22.0. The molecule has 2 aliphatic heterocycles. The normalized spacial score (nSPS) is 22.5. The van der Waals surface area contributed by atoms with Crippen LogP contribution in [0.25, 0.3) is 0 Å². The van der Waals surface area contributed by atoms with Gasteiger partial charge in [0.05, 0.1) is 24.9 Å². The Morgan fingerprint density at radius 3 is 2.68 bits per heavy atom. The topological polar surface area (TPSA) is 86.6 Å². The first kappa shape index (κ1) is 21.0. The van der Waals surface area contributed by atoms with Crippen molar-refractivity contribution in [1.82, 2.24) is 19.8 Å². The largest absolute Gasteiger partial charge is 0.394 e. The average Bonchev–Trinajstić information content (AvgIpc) is 2.76. The first-order chi connectivity index (χ1) is 15.0. The van der Waals surface area contributed by atoms with Crippen LogP contribution < -0.4 is 0 Å². The number of amides is 2. The standard InChI is InChI=1S/C24H26N4O3/c1-16(2)4-3-5-17-6-8-18(9-7-17)23-20-13-27(14-22(30)28(20)21(23)15-29)24(31)19-12-25-10-11-26-19/h6-12,16,20-21,23,29H,4,13-15H2,1-2H3/t20-,21-,23-/m0/s1. The third kappa shape index (κ3) is 4.17. The molecule has 31 heavy (non-hydrogen) atoms. The Bertz CT molecular complexity index is 1010. The maximum Gasteiger partial charge on any atom is 0.274 e. The lowest BCUT2D eigenvalue weighted by atomic mass is 9.73. The number of aliphatic hydroxyl groups excluding tert-OH is 1. The Morgan fingerprint density at radius 1 is 1.26 bits per heavy atom. The molecular weight excluding hydrogens is 392 g/mol. The Labute approximate surface area is 182 Å². The van der Waals surface area contributed by atoms with Crippen molar-refractivity contribution in [3.63, 3.8) is 0 Å². The fourth-order valence-electron chi connectivity index (χ4n) is 4.37. The van der Waals surface area contributed by atoms with Gasteiger partial charge in [-0.2, -0.15) is 0 Å². The number of carbonyl (C=O) groups excluding carboxylic acids is 2. The first-order valence-electron chi connectivity index (χ1n) is 10.6. The summed E-state index contributed by atoms with van der Waals surface area (Å²) >= 11 is 0. The highest BCUT2D eigenvalue weighted by molar-refractivity contribution is 5.95. The highest BCUT2D eigenvalue weighted by atomic mass is 16.3. The number of aliphatic hydroxyl groups is 1. The maximum absolute atomic E-state index is 12.8. The van der Waals surface area contributed by atoms with Crippen molar-refractivity contribution in [3.05, 3.63) is 59.7 Å². The fourth-order valence-corrected chi connectivity index (χ4v) is 4.37. The second-order valence-electron chi connectivity index (χ2n) is 8.44. The molecule has 1 N–H and O–H groups in total. The molecule has 7 heteroatoms. The minimum Gasteiger partial charge on any atom is -0.394 e. The summed E-state index contributed by atoms with van der Waals surface area (Å²) in [5.41, 5.74) is 2.21. The fraction of sp³-hybridized carbons (Fsp3) is 0.417. The number of rotatable bonds is 4. The molecule has 0 aliphatic carbocycles. The Morgan fingerprint density at radius 2 is 2.03 bits per heavy atom. The summed E-state index contributed by atoms with van der Waals surface area (Å²) in [7, 11) is 0. The molecule has 0 bridgehead atoms. The zero-order valence-electron chi connectivity index (χ0n) is 17.7. The van der Waals surface area contributed by atoms with Crippen molar-refractivity contribution < 1.29 is 14.7 Å². The van der Waals surface area contributed by atoms with Crippen LogP contribution in [0.1, 0.15) is 47.8 Å². The monoisotopic (exact) mass is 418 g/mol. The van der Waals surface area contributed by atoms with E-state index < -0.39 is 0 Å². The van der Waals surface area contributed by atoms with Crippen LogP contribution in [0.3, 0.4) is 0 Å². The molecule has 1 aromatic carbocycles. The van der Waals surface area contributed by atoms with E-state index in [9.17, 15) is 14.7 Å². The van der Waals surface area contributed by atoms with E-state index in [-0.39, 0.29) is 48.7 Å². The van der Waals surface area contributed by atoms with Crippen LogP contribution in [-0.2, 0) is 4.79 Å². The Hall–Kier alpha value is -3.24. The number of benzene rings is 1. The SMILES string of the molecule is CC(C)CC#Cc1ccc([C@@H]2[C@H](CO)N3C(=O)CN(C(=O)c4cnccn4)C[C@@H]23)cc1. The van der Waals surface area contributed by atoms with Crippen molar-refractivity contribution in [2.75, 3.05) is 19.7 Å². The second kappa shape index (κ2) is 8.86.